The molecule has 0 radical (unpaired) electrons. The number of halogens is 1. The Morgan fingerprint density at radius 3 is 2.92 bits per heavy atom. The first-order valence-electron chi connectivity index (χ1n) is 8.38. The fourth-order valence-electron chi connectivity index (χ4n) is 3.24. The maximum absolute atomic E-state index is 14.0. The molecule has 1 atom stereocenters. The van der Waals surface area contributed by atoms with Gasteiger partial charge in [-0.05, 0) is 25.0 Å². The molecule has 6 nitrogen and oxygen atoms in total. The normalized spacial score (nSPS) is 20.1. The van der Waals surface area contributed by atoms with Crippen LogP contribution in [0.15, 0.2) is 30.5 Å². The summed E-state index contributed by atoms with van der Waals surface area (Å²) < 4.78 is 19.3. The average molecular weight is 343 g/mol. The number of H-pyrrole nitrogens is 1. The molecule has 1 aliphatic heterocycles. The minimum atomic E-state index is -0.565. The summed E-state index contributed by atoms with van der Waals surface area (Å²) in [6.45, 7) is 0.817. The van der Waals surface area contributed by atoms with Crippen molar-refractivity contribution in [2.75, 3.05) is 13.2 Å². The summed E-state index contributed by atoms with van der Waals surface area (Å²) in [7, 11) is 0. The van der Waals surface area contributed by atoms with Gasteiger partial charge in [0.15, 0.2) is 0 Å². The highest BCUT2D eigenvalue weighted by Crippen LogP contribution is 2.33. The van der Waals surface area contributed by atoms with Gasteiger partial charge >= 0.3 is 5.97 Å². The molecule has 1 unspecified atom stereocenters. The molecule has 2 aromatic rings. The van der Waals surface area contributed by atoms with E-state index in [0.29, 0.717) is 24.7 Å². The summed E-state index contributed by atoms with van der Waals surface area (Å²) in [6.07, 6.45) is 3.88. The Bertz CT molecular complexity index is 815. The fraction of sp³-hybridized carbons (Fsp3) is 0.389. The molecule has 7 heteroatoms. The molecule has 2 fully saturated rings. The molecule has 1 amide bonds. The smallest absolute Gasteiger partial charge is 0.342 e. The van der Waals surface area contributed by atoms with Crippen molar-refractivity contribution in [1.82, 2.24) is 15.1 Å². The van der Waals surface area contributed by atoms with Crippen LogP contribution in [0.25, 0.3) is 11.3 Å². The molecule has 1 N–H and O–H groups in total. The molecular weight excluding hydrogens is 325 g/mol. The van der Waals surface area contributed by atoms with E-state index in [-0.39, 0.29) is 29.6 Å². The van der Waals surface area contributed by atoms with E-state index >= 15 is 0 Å². The Morgan fingerprint density at radius 2 is 2.16 bits per heavy atom. The zero-order valence-electron chi connectivity index (χ0n) is 13.6. The number of aromatic amines is 1. The second kappa shape index (κ2) is 6.31. The monoisotopic (exact) mass is 343 g/mol. The van der Waals surface area contributed by atoms with Gasteiger partial charge < -0.3 is 9.64 Å². The van der Waals surface area contributed by atoms with Gasteiger partial charge in [0, 0.05) is 30.5 Å². The number of carbonyl (C=O) groups is 2. The van der Waals surface area contributed by atoms with Crippen molar-refractivity contribution in [2.45, 2.75) is 25.3 Å². The minimum absolute atomic E-state index is 0.0147. The highest BCUT2D eigenvalue weighted by atomic mass is 19.1. The van der Waals surface area contributed by atoms with Crippen LogP contribution in [0.1, 0.15) is 29.6 Å². The highest BCUT2D eigenvalue weighted by molar-refractivity contribution is 5.96. The largest absolute Gasteiger partial charge is 0.462 e. The van der Waals surface area contributed by atoms with Crippen LogP contribution in [0.2, 0.25) is 0 Å². The molecule has 4 rings (SSSR count). The number of carbonyl (C=O) groups excluding carboxylic acids is 2. The van der Waals surface area contributed by atoms with Crippen LogP contribution in [-0.4, -0.2) is 46.2 Å². The van der Waals surface area contributed by atoms with Crippen molar-refractivity contribution >= 4 is 11.9 Å². The number of nitrogens with zero attached hydrogens (tertiary/aromatic N) is 2. The number of esters is 1. The number of ether oxygens (including phenoxy) is 1. The van der Waals surface area contributed by atoms with Crippen LogP contribution in [0.3, 0.4) is 0 Å². The first-order valence-corrected chi connectivity index (χ1v) is 8.38. The SMILES string of the molecule is O=C(OCC1CC(=O)N(C2CC2)C1)c1cn[nH]c1-c1ccccc1F. The number of nitrogens with one attached hydrogen (secondary N) is 1. The van der Waals surface area contributed by atoms with E-state index in [0.717, 1.165) is 12.8 Å². The first-order chi connectivity index (χ1) is 12.1. The van der Waals surface area contributed by atoms with Gasteiger partial charge in [-0.25, -0.2) is 9.18 Å². The van der Waals surface area contributed by atoms with E-state index in [2.05, 4.69) is 10.2 Å². The van der Waals surface area contributed by atoms with Gasteiger partial charge in [-0.3, -0.25) is 9.89 Å². The van der Waals surface area contributed by atoms with Crippen molar-refractivity contribution in [2.24, 2.45) is 5.92 Å². The summed E-state index contributed by atoms with van der Waals surface area (Å²) in [6, 6.07) is 6.54. The third-order valence-corrected chi connectivity index (χ3v) is 4.68. The predicted octanol–water partition coefficient (Wildman–Crippen LogP) is 2.38. The van der Waals surface area contributed by atoms with Crippen molar-refractivity contribution in [3.05, 3.63) is 41.8 Å². The zero-order valence-corrected chi connectivity index (χ0v) is 13.6. The quantitative estimate of drug-likeness (QED) is 0.846. The van der Waals surface area contributed by atoms with Crippen LogP contribution in [0.5, 0.6) is 0 Å². The molecular formula is C18H18FN3O3. The molecule has 1 saturated carbocycles. The molecule has 1 aliphatic carbocycles. The van der Waals surface area contributed by atoms with Gasteiger partial charge in [0.1, 0.15) is 11.4 Å². The predicted molar refractivity (Wildman–Crippen MR) is 87.1 cm³/mol. The first kappa shape index (κ1) is 15.8. The van der Waals surface area contributed by atoms with Gasteiger partial charge in [0.2, 0.25) is 5.91 Å². The van der Waals surface area contributed by atoms with E-state index in [9.17, 15) is 14.0 Å². The molecule has 2 heterocycles. The number of amides is 1. The second-order valence-corrected chi connectivity index (χ2v) is 6.58. The van der Waals surface area contributed by atoms with Crippen LogP contribution in [-0.2, 0) is 9.53 Å². The van der Waals surface area contributed by atoms with E-state index in [1.807, 2.05) is 4.90 Å². The lowest BCUT2D eigenvalue weighted by Gasteiger charge is -2.15. The van der Waals surface area contributed by atoms with Crippen molar-refractivity contribution in [3.8, 4) is 11.3 Å². The minimum Gasteiger partial charge on any atom is -0.462 e. The standard InChI is InChI=1S/C18H18FN3O3/c19-15-4-2-1-3-13(15)17-14(8-20-21-17)18(24)25-10-11-7-16(23)22(9-11)12-5-6-12/h1-4,8,11-12H,5-7,9-10H2,(H,20,21). The molecule has 1 aromatic carbocycles. The molecule has 0 spiro atoms. The van der Waals surface area contributed by atoms with Gasteiger partial charge in [-0.1, -0.05) is 12.1 Å². The summed E-state index contributed by atoms with van der Waals surface area (Å²) in [4.78, 5) is 26.2. The third kappa shape index (κ3) is 3.14. The topological polar surface area (TPSA) is 75.3 Å². The summed E-state index contributed by atoms with van der Waals surface area (Å²) in [5.41, 5.74) is 0.751. The molecule has 1 saturated heterocycles. The van der Waals surface area contributed by atoms with Gasteiger partial charge in [-0.15, -0.1) is 0 Å². The number of likely N-dealkylation sites (tertiary alicyclic amines) is 1. The maximum atomic E-state index is 14.0. The summed E-state index contributed by atoms with van der Waals surface area (Å²) in [5, 5.41) is 6.50. The van der Waals surface area contributed by atoms with Crippen LogP contribution in [0.4, 0.5) is 4.39 Å². The number of rotatable bonds is 5. The van der Waals surface area contributed by atoms with E-state index in [1.165, 1.54) is 12.3 Å². The maximum Gasteiger partial charge on any atom is 0.342 e. The summed E-state index contributed by atoms with van der Waals surface area (Å²) >= 11 is 0. The second-order valence-electron chi connectivity index (χ2n) is 6.58. The Kier molecular flexibility index (Phi) is 3.99. The Labute approximate surface area is 144 Å². The average Bonchev–Trinajstić information content (AvgIpc) is 3.20. The molecule has 0 bridgehead atoms. The molecule has 1 aromatic heterocycles. The van der Waals surface area contributed by atoms with Gasteiger partial charge in [0.05, 0.1) is 18.5 Å². The van der Waals surface area contributed by atoms with Crippen LogP contribution < -0.4 is 0 Å². The lowest BCUT2D eigenvalue weighted by Crippen LogP contribution is -2.27. The van der Waals surface area contributed by atoms with E-state index < -0.39 is 11.8 Å². The lowest BCUT2D eigenvalue weighted by molar-refractivity contribution is -0.128. The van der Waals surface area contributed by atoms with Gasteiger partial charge in [-0.2, -0.15) is 5.10 Å². The third-order valence-electron chi connectivity index (χ3n) is 4.68. The number of hydrogen-bond acceptors (Lipinski definition) is 4. The zero-order chi connectivity index (χ0) is 17.4. The number of benzene rings is 1. The number of hydrogen-bond donors (Lipinski definition) is 1. The Hall–Kier alpha value is -2.70. The van der Waals surface area contributed by atoms with Crippen molar-refractivity contribution in [1.29, 1.82) is 0 Å². The van der Waals surface area contributed by atoms with Gasteiger partial charge in [0.25, 0.3) is 0 Å². The lowest BCUT2D eigenvalue weighted by atomic mass is 10.1. The molecule has 2 aliphatic rings. The Morgan fingerprint density at radius 1 is 1.36 bits per heavy atom. The van der Waals surface area contributed by atoms with Crippen molar-refractivity contribution < 1.29 is 18.7 Å². The number of aromatic nitrogens is 2. The van der Waals surface area contributed by atoms with Crippen LogP contribution >= 0.6 is 0 Å². The van der Waals surface area contributed by atoms with E-state index in [4.69, 9.17) is 4.74 Å². The van der Waals surface area contributed by atoms with Crippen molar-refractivity contribution in [3.63, 3.8) is 0 Å². The summed E-state index contributed by atoms with van der Waals surface area (Å²) in [5.74, 6) is -0.855. The highest BCUT2D eigenvalue weighted by Gasteiger charge is 2.39. The van der Waals surface area contributed by atoms with Crippen LogP contribution in [0, 0.1) is 11.7 Å². The van der Waals surface area contributed by atoms with E-state index in [1.54, 1.807) is 18.2 Å². The Balaban J connectivity index is 1.42. The molecule has 130 valence electrons. The molecule has 25 heavy (non-hydrogen) atoms. The fourth-order valence-corrected chi connectivity index (χ4v) is 3.24.